The van der Waals surface area contributed by atoms with Crippen molar-refractivity contribution in [1.82, 2.24) is 15.2 Å². The van der Waals surface area contributed by atoms with Crippen molar-refractivity contribution in [3.8, 4) is 0 Å². The summed E-state index contributed by atoms with van der Waals surface area (Å²) in [6.07, 6.45) is 0. The standard InChI is InChI=1S/C14H17N5S/c1-9-4-5-11-10(8-9)12-13(15-11)16-14(18-17-12)20-7-6-19(2)3/h4-5,8H,6-7H2,1-3H3,(H,15,16,18)/p+2. The minimum absolute atomic E-state index is 0.863. The predicted octanol–water partition coefficient (Wildman–Crippen LogP) is 0.470. The molecule has 104 valence electrons. The molecule has 0 aliphatic rings. The second-order valence-corrected chi connectivity index (χ2v) is 6.42. The fourth-order valence-electron chi connectivity index (χ4n) is 2.13. The van der Waals surface area contributed by atoms with Gasteiger partial charge < -0.3 is 4.90 Å². The molecule has 0 aliphatic heterocycles. The van der Waals surface area contributed by atoms with Gasteiger partial charge in [-0.1, -0.05) is 16.7 Å². The van der Waals surface area contributed by atoms with Crippen LogP contribution < -0.4 is 9.88 Å². The van der Waals surface area contributed by atoms with Crippen LogP contribution in [0.3, 0.4) is 0 Å². The van der Waals surface area contributed by atoms with Gasteiger partial charge in [0.1, 0.15) is 5.52 Å². The van der Waals surface area contributed by atoms with Crippen LogP contribution in [-0.4, -0.2) is 41.6 Å². The number of hydrogen-bond acceptors (Lipinski definition) is 3. The van der Waals surface area contributed by atoms with Crippen LogP contribution in [0.4, 0.5) is 0 Å². The van der Waals surface area contributed by atoms with Crippen molar-refractivity contribution in [3.63, 3.8) is 0 Å². The molecule has 20 heavy (non-hydrogen) atoms. The Morgan fingerprint density at radius 1 is 1.30 bits per heavy atom. The van der Waals surface area contributed by atoms with Gasteiger partial charge >= 0.3 is 5.16 Å². The third-order valence-corrected chi connectivity index (χ3v) is 4.11. The third-order valence-electron chi connectivity index (χ3n) is 3.24. The number of aromatic amines is 2. The van der Waals surface area contributed by atoms with Crippen LogP contribution in [0.1, 0.15) is 5.56 Å². The molecule has 2 aromatic heterocycles. The monoisotopic (exact) mass is 289 g/mol. The molecule has 0 aliphatic carbocycles. The van der Waals surface area contributed by atoms with Crippen LogP contribution >= 0.6 is 11.8 Å². The normalized spacial score (nSPS) is 11.8. The number of nitrogens with zero attached hydrogens (tertiary/aromatic N) is 2. The molecule has 3 N–H and O–H groups in total. The molecule has 0 spiro atoms. The molecule has 1 aromatic carbocycles. The van der Waals surface area contributed by atoms with Crippen molar-refractivity contribution in [2.75, 3.05) is 26.4 Å². The lowest BCUT2D eigenvalue weighted by Crippen LogP contribution is -3.06. The van der Waals surface area contributed by atoms with E-state index in [1.54, 1.807) is 11.8 Å². The Hall–Kier alpha value is -1.66. The summed E-state index contributed by atoms with van der Waals surface area (Å²) in [7, 11) is 4.30. The largest absolute Gasteiger partial charge is 0.339 e. The molecular weight excluding hydrogens is 270 g/mol. The van der Waals surface area contributed by atoms with Crippen LogP contribution in [0.2, 0.25) is 0 Å². The van der Waals surface area contributed by atoms with E-state index in [4.69, 9.17) is 0 Å². The van der Waals surface area contributed by atoms with Gasteiger partial charge in [-0.15, -0.1) is 0 Å². The van der Waals surface area contributed by atoms with E-state index in [1.807, 2.05) is 0 Å². The minimum Gasteiger partial charge on any atom is -0.339 e. The van der Waals surface area contributed by atoms with Crippen molar-refractivity contribution < 1.29 is 9.88 Å². The van der Waals surface area contributed by atoms with Gasteiger partial charge in [0.25, 0.3) is 5.65 Å². The molecule has 0 atom stereocenters. The topological polar surface area (TPSA) is 60.1 Å². The van der Waals surface area contributed by atoms with E-state index in [0.717, 1.165) is 39.5 Å². The molecule has 0 amide bonds. The lowest BCUT2D eigenvalue weighted by atomic mass is 10.2. The number of H-pyrrole nitrogens is 2. The van der Waals surface area contributed by atoms with Crippen LogP contribution in [0.5, 0.6) is 0 Å². The first-order chi connectivity index (χ1) is 9.63. The average molecular weight is 289 g/mol. The first-order valence-corrected chi connectivity index (χ1v) is 7.72. The van der Waals surface area contributed by atoms with Crippen molar-refractivity contribution in [1.29, 1.82) is 0 Å². The molecule has 0 saturated heterocycles. The second kappa shape index (κ2) is 5.38. The van der Waals surface area contributed by atoms with Gasteiger partial charge in [-0.05, 0) is 30.8 Å². The highest BCUT2D eigenvalue weighted by atomic mass is 32.2. The maximum atomic E-state index is 4.37. The summed E-state index contributed by atoms with van der Waals surface area (Å²) in [5, 5.41) is 10.6. The van der Waals surface area contributed by atoms with Gasteiger partial charge in [0.05, 0.1) is 26.4 Å². The first kappa shape index (κ1) is 13.3. The molecule has 5 nitrogen and oxygen atoms in total. The van der Waals surface area contributed by atoms with Crippen LogP contribution in [0.25, 0.3) is 22.1 Å². The van der Waals surface area contributed by atoms with E-state index >= 15 is 0 Å². The Kier molecular flexibility index (Phi) is 3.58. The Morgan fingerprint density at radius 3 is 2.95 bits per heavy atom. The van der Waals surface area contributed by atoms with E-state index in [2.05, 4.69) is 59.4 Å². The van der Waals surface area contributed by atoms with Gasteiger partial charge in [0.15, 0.2) is 5.52 Å². The summed E-state index contributed by atoms with van der Waals surface area (Å²) in [5.74, 6) is 1.03. The molecule has 3 aromatic rings. The molecule has 0 unspecified atom stereocenters. The van der Waals surface area contributed by atoms with Crippen LogP contribution in [-0.2, 0) is 0 Å². The van der Waals surface area contributed by atoms with Crippen LogP contribution in [0, 0.1) is 6.92 Å². The van der Waals surface area contributed by atoms with Crippen molar-refractivity contribution in [2.24, 2.45) is 0 Å². The van der Waals surface area contributed by atoms with Crippen molar-refractivity contribution >= 4 is 33.8 Å². The van der Waals surface area contributed by atoms with Gasteiger partial charge in [-0.2, -0.15) is 0 Å². The zero-order valence-corrected chi connectivity index (χ0v) is 12.8. The first-order valence-electron chi connectivity index (χ1n) is 6.73. The number of aryl methyl sites for hydroxylation is 1. The van der Waals surface area contributed by atoms with E-state index in [0.29, 0.717) is 0 Å². The SMILES string of the molecule is Cc1ccc2[nH]c3[nH+]c(SCC[NH+](C)C)nnc3c2c1. The average Bonchev–Trinajstić information content (AvgIpc) is 2.75. The number of thioether (sulfide) groups is 1. The fraction of sp³-hybridized carbons (Fsp3) is 0.357. The molecule has 3 rings (SSSR count). The number of aromatic nitrogens is 4. The van der Waals surface area contributed by atoms with Gasteiger partial charge in [0, 0.05) is 10.5 Å². The molecule has 0 fully saturated rings. The lowest BCUT2D eigenvalue weighted by molar-refractivity contribution is -0.855. The quantitative estimate of drug-likeness (QED) is 0.687. The number of fused-ring (bicyclic) bond motifs is 3. The predicted molar refractivity (Wildman–Crippen MR) is 81.1 cm³/mol. The van der Waals surface area contributed by atoms with E-state index < -0.39 is 0 Å². The van der Waals surface area contributed by atoms with Crippen LogP contribution in [0.15, 0.2) is 23.4 Å². The highest BCUT2D eigenvalue weighted by Gasteiger charge is 2.15. The van der Waals surface area contributed by atoms with Crippen molar-refractivity contribution in [3.05, 3.63) is 23.8 Å². The summed E-state index contributed by atoms with van der Waals surface area (Å²) < 4.78 is 0. The number of quaternary nitrogens is 1. The molecular formula is C14H19N5S+2. The molecule has 6 heteroatoms. The Balaban J connectivity index is 1.93. The van der Waals surface area contributed by atoms with E-state index in [-0.39, 0.29) is 0 Å². The van der Waals surface area contributed by atoms with E-state index in [1.165, 1.54) is 10.5 Å². The summed E-state index contributed by atoms with van der Waals surface area (Å²) in [5.41, 5.74) is 4.18. The molecule has 2 heterocycles. The summed E-state index contributed by atoms with van der Waals surface area (Å²) in [4.78, 5) is 8.14. The highest BCUT2D eigenvalue weighted by molar-refractivity contribution is 7.99. The van der Waals surface area contributed by atoms with Gasteiger partial charge in [0.2, 0.25) is 0 Å². The summed E-state index contributed by atoms with van der Waals surface area (Å²) >= 11 is 1.71. The Morgan fingerprint density at radius 2 is 2.15 bits per heavy atom. The zero-order valence-electron chi connectivity index (χ0n) is 11.9. The zero-order chi connectivity index (χ0) is 14.1. The number of rotatable bonds is 4. The van der Waals surface area contributed by atoms with Crippen molar-refractivity contribution in [2.45, 2.75) is 12.1 Å². The Labute approximate surface area is 121 Å². The second-order valence-electron chi connectivity index (χ2n) is 5.33. The van der Waals surface area contributed by atoms with Gasteiger partial charge in [-0.3, -0.25) is 4.98 Å². The number of benzene rings is 1. The maximum absolute atomic E-state index is 4.37. The minimum atomic E-state index is 0.863. The maximum Gasteiger partial charge on any atom is 0.321 e. The highest BCUT2D eigenvalue weighted by Crippen LogP contribution is 2.22. The number of nitrogens with one attached hydrogen (secondary N) is 3. The third kappa shape index (κ3) is 2.62. The lowest BCUT2D eigenvalue weighted by Gasteiger charge is -2.03. The summed E-state index contributed by atoms with van der Waals surface area (Å²) in [6, 6.07) is 6.32. The molecule has 0 radical (unpaired) electrons. The number of hydrogen-bond donors (Lipinski definition) is 2. The molecule has 0 saturated carbocycles. The van der Waals surface area contributed by atoms with E-state index in [9.17, 15) is 0 Å². The smallest absolute Gasteiger partial charge is 0.321 e. The summed E-state index contributed by atoms with van der Waals surface area (Å²) in [6.45, 7) is 3.19. The fourth-order valence-corrected chi connectivity index (χ4v) is 3.11. The van der Waals surface area contributed by atoms with Gasteiger partial charge in [-0.25, -0.2) is 4.98 Å². The molecule has 0 bridgehead atoms. The Bertz CT molecular complexity index is 750.